The molecule has 0 radical (unpaired) electrons. The van der Waals surface area contributed by atoms with Crippen LogP contribution < -0.4 is 0 Å². The van der Waals surface area contributed by atoms with E-state index in [2.05, 4.69) is 10.6 Å². The van der Waals surface area contributed by atoms with Crippen molar-refractivity contribution in [2.75, 3.05) is 26.2 Å². The minimum absolute atomic E-state index is 1.12. The van der Waals surface area contributed by atoms with Crippen molar-refractivity contribution in [2.45, 2.75) is 38.5 Å². The Labute approximate surface area is 102 Å². The Morgan fingerprint density at radius 3 is 0.933 bits per heavy atom. The molecule has 0 N–H and O–H groups in total. The molecule has 2 rings (SSSR count). The van der Waals surface area contributed by atoms with E-state index in [0.717, 1.165) is 26.2 Å². The SMILES string of the molecule is C1CC[N-]CC1.C1CC[N-]CC1.[F][Ti][F]. The molecule has 0 spiro atoms. The number of piperidine rings is 2. The molecular weight excluding hydrogens is 234 g/mol. The summed E-state index contributed by atoms with van der Waals surface area (Å²) in [6, 6.07) is 0. The van der Waals surface area contributed by atoms with Crippen molar-refractivity contribution in [1.29, 1.82) is 0 Å². The van der Waals surface area contributed by atoms with E-state index < -0.39 is 20.2 Å². The van der Waals surface area contributed by atoms with Crippen LogP contribution in [0.2, 0.25) is 0 Å². The van der Waals surface area contributed by atoms with Crippen LogP contribution in [-0.4, -0.2) is 26.2 Å². The van der Waals surface area contributed by atoms with Gasteiger partial charge in [0.1, 0.15) is 0 Å². The van der Waals surface area contributed by atoms with Gasteiger partial charge < -0.3 is 10.6 Å². The molecule has 2 aliphatic rings. The molecule has 2 saturated heterocycles. The van der Waals surface area contributed by atoms with Gasteiger partial charge in [-0.25, -0.2) is 0 Å². The van der Waals surface area contributed by atoms with Gasteiger partial charge in [-0.15, -0.1) is 26.2 Å². The quantitative estimate of drug-likeness (QED) is 0.586. The van der Waals surface area contributed by atoms with Crippen molar-refractivity contribution in [3.05, 3.63) is 10.6 Å². The van der Waals surface area contributed by atoms with Gasteiger partial charge in [-0.3, -0.25) is 0 Å². The molecule has 0 aromatic carbocycles. The van der Waals surface area contributed by atoms with E-state index in [0.29, 0.717) is 0 Å². The Kier molecular flexibility index (Phi) is 15.0. The topological polar surface area (TPSA) is 28.2 Å². The Bertz CT molecular complexity index is 74.6. The average molecular weight is 254 g/mol. The van der Waals surface area contributed by atoms with E-state index in [-0.39, 0.29) is 0 Å². The van der Waals surface area contributed by atoms with Crippen LogP contribution in [-0.2, 0) is 20.2 Å². The second-order valence-corrected chi connectivity index (χ2v) is 3.76. The summed E-state index contributed by atoms with van der Waals surface area (Å²) >= 11 is -2.50. The van der Waals surface area contributed by atoms with Gasteiger partial charge in [0.2, 0.25) is 0 Å². The summed E-state index contributed by atoms with van der Waals surface area (Å²) in [5.74, 6) is 0. The Morgan fingerprint density at radius 2 is 0.867 bits per heavy atom. The van der Waals surface area contributed by atoms with Crippen molar-refractivity contribution < 1.29 is 26.4 Å². The van der Waals surface area contributed by atoms with Crippen LogP contribution in [0.3, 0.4) is 0 Å². The van der Waals surface area contributed by atoms with E-state index in [1.165, 1.54) is 38.5 Å². The number of halogens is 2. The molecule has 0 unspecified atom stereocenters. The zero-order valence-electron chi connectivity index (χ0n) is 9.22. The van der Waals surface area contributed by atoms with Crippen LogP contribution in [0.4, 0.5) is 6.18 Å². The van der Waals surface area contributed by atoms with E-state index in [4.69, 9.17) is 0 Å². The van der Waals surface area contributed by atoms with Crippen LogP contribution in [0, 0.1) is 0 Å². The van der Waals surface area contributed by atoms with E-state index in [1.54, 1.807) is 0 Å². The van der Waals surface area contributed by atoms with Crippen molar-refractivity contribution in [3.63, 3.8) is 0 Å². The van der Waals surface area contributed by atoms with Gasteiger partial charge in [0.05, 0.1) is 0 Å². The van der Waals surface area contributed by atoms with Crippen LogP contribution in [0.15, 0.2) is 0 Å². The molecule has 2 aliphatic heterocycles. The summed E-state index contributed by atoms with van der Waals surface area (Å²) in [5.41, 5.74) is 0. The van der Waals surface area contributed by atoms with Crippen LogP contribution >= 0.6 is 0 Å². The number of hydrogen-bond acceptors (Lipinski definition) is 0. The maximum absolute atomic E-state index is 9.75. The van der Waals surface area contributed by atoms with Gasteiger partial charge in [-0.1, -0.05) is 38.5 Å². The average Bonchev–Trinajstić information content (AvgIpc) is 2.35. The molecule has 2 nitrogen and oxygen atoms in total. The molecule has 2 fully saturated rings. The Morgan fingerprint density at radius 1 is 0.600 bits per heavy atom. The van der Waals surface area contributed by atoms with Gasteiger partial charge in [0.25, 0.3) is 0 Å². The van der Waals surface area contributed by atoms with Gasteiger partial charge in [0.15, 0.2) is 0 Å². The fourth-order valence-electron chi connectivity index (χ4n) is 1.47. The number of nitrogens with zero attached hydrogens (tertiary/aromatic N) is 2. The molecule has 0 aliphatic carbocycles. The molecule has 15 heavy (non-hydrogen) atoms. The first kappa shape index (κ1) is 15.5. The zero-order chi connectivity index (χ0) is 11.2. The third-order valence-electron chi connectivity index (χ3n) is 2.26. The first-order valence-electron chi connectivity index (χ1n) is 5.64. The summed E-state index contributed by atoms with van der Waals surface area (Å²) < 4.78 is 19.5. The molecule has 90 valence electrons. The molecule has 5 heteroatoms. The monoisotopic (exact) mass is 254 g/mol. The molecule has 0 aromatic heterocycles. The summed E-state index contributed by atoms with van der Waals surface area (Å²) in [5, 5.41) is 8.35. The minimum atomic E-state index is -2.50. The van der Waals surface area contributed by atoms with Gasteiger partial charge in [-0.05, 0) is 0 Å². The standard InChI is InChI=1S/2C5H10N.2FH.Ti/c2*1-2-4-6-5-3-1;;;/h2*1-5H2;2*1H;/q2*-1;;;+2/p-2. The second-order valence-electron chi connectivity index (χ2n) is 3.53. The van der Waals surface area contributed by atoms with Crippen molar-refractivity contribution in [2.24, 2.45) is 0 Å². The molecular formula is C10H20F2N2Ti-2. The van der Waals surface area contributed by atoms with Crippen LogP contribution in [0.1, 0.15) is 38.5 Å². The Balaban J connectivity index is 0.000000210. The number of hydrogen-bond donors (Lipinski definition) is 0. The zero-order valence-corrected chi connectivity index (χ0v) is 10.8. The van der Waals surface area contributed by atoms with E-state index >= 15 is 0 Å². The fourth-order valence-corrected chi connectivity index (χ4v) is 1.47. The summed E-state index contributed by atoms with van der Waals surface area (Å²) in [7, 11) is 0. The molecule has 0 bridgehead atoms. The van der Waals surface area contributed by atoms with E-state index in [9.17, 15) is 6.18 Å². The molecule has 0 saturated carbocycles. The summed E-state index contributed by atoms with van der Waals surface area (Å²) in [4.78, 5) is 0. The Hall–Kier alpha value is 0.494. The van der Waals surface area contributed by atoms with E-state index in [1.807, 2.05) is 0 Å². The molecule has 0 aromatic rings. The fraction of sp³-hybridized carbons (Fsp3) is 1.00. The summed E-state index contributed by atoms with van der Waals surface area (Å²) in [6.45, 7) is 4.50. The maximum atomic E-state index is 9.75. The second kappa shape index (κ2) is 14.5. The van der Waals surface area contributed by atoms with Crippen LogP contribution in [0.5, 0.6) is 0 Å². The first-order chi connectivity index (χ1) is 7.41. The first-order valence-corrected chi connectivity index (χ1v) is 6.82. The number of rotatable bonds is 0. The van der Waals surface area contributed by atoms with Gasteiger partial charge in [-0.2, -0.15) is 0 Å². The molecule has 0 atom stereocenters. The van der Waals surface area contributed by atoms with Crippen molar-refractivity contribution in [1.82, 2.24) is 0 Å². The molecule has 2 heterocycles. The predicted octanol–water partition coefficient (Wildman–Crippen LogP) is 3.93. The van der Waals surface area contributed by atoms with Crippen LogP contribution in [0.25, 0.3) is 10.6 Å². The molecule has 0 amide bonds. The van der Waals surface area contributed by atoms with Gasteiger partial charge >= 0.3 is 26.4 Å². The third kappa shape index (κ3) is 14.5. The third-order valence-corrected chi connectivity index (χ3v) is 2.26. The van der Waals surface area contributed by atoms with Gasteiger partial charge in [0, 0.05) is 0 Å². The summed E-state index contributed by atoms with van der Waals surface area (Å²) in [6.07, 6.45) is 8.15. The normalized spacial score (nSPS) is 20.1. The predicted molar refractivity (Wildman–Crippen MR) is 56.1 cm³/mol. The van der Waals surface area contributed by atoms with Crippen molar-refractivity contribution in [3.8, 4) is 0 Å². The van der Waals surface area contributed by atoms with Crippen molar-refractivity contribution >= 4 is 0 Å².